The first kappa shape index (κ1) is 9.91. The molecule has 0 aliphatic rings. The van der Waals surface area contributed by atoms with Gasteiger partial charge in [0.05, 0.1) is 10.6 Å². The molecule has 1 N–H and O–H groups in total. The Balaban J connectivity index is 3.28. The highest BCUT2D eigenvalue weighted by atomic mass is 79.9. The molecule has 13 heavy (non-hydrogen) atoms. The third-order valence-corrected chi connectivity index (χ3v) is 2.16. The average molecular weight is 249 g/mol. The SMILES string of the molecule is CNc1cc(F)c([N+](=O)[O-])cc1Br. The molecule has 6 heteroatoms. The first-order valence-electron chi connectivity index (χ1n) is 3.37. The van der Waals surface area contributed by atoms with Crippen LogP contribution in [0.4, 0.5) is 15.8 Å². The van der Waals surface area contributed by atoms with Crippen LogP contribution in [0.25, 0.3) is 0 Å². The molecular weight excluding hydrogens is 243 g/mol. The van der Waals surface area contributed by atoms with Gasteiger partial charge in [0.1, 0.15) is 0 Å². The van der Waals surface area contributed by atoms with Crippen molar-refractivity contribution in [3.8, 4) is 0 Å². The van der Waals surface area contributed by atoms with E-state index in [1.165, 1.54) is 0 Å². The molecule has 0 aromatic heterocycles. The van der Waals surface area contributed by atoms with Crippen molar-refractivity contribution in [2.24, 2.45) is 0 Å². The van der Waals surface area contributed by atoms with Crippen LogP contribution in [0.1, 0.15) is 0 Å². The van der Waals surface area contributed by atoms with Crippen LogP contribution < -0.4 is 5.32 Å². The van der Waals surface area contributed by atoms with E-state index in [2.05, 4.69) is 21.2 Å². The summed E-state index contributed by atoms with van der Waals surface area (Å²) in [6, 6.07) is 2.20. The van der Waals surface area contributed by atoms with Crippen LogP contribution in [-0.4, -0.2) is 12.0 Å². The van der Waals surface area contributed by atoms with E-state index in [0.29, 0.717) is 10.2 Å². The number of nitro benzene ring substituents is 1. The van der Waals surface area contributed by atoms with Crippen LogP contribution in [0.3, 0.4) is 0 Å². The average Bonchev–Trinajstić information content (AvgIpc) is 2.07. The molecule has 70 valence electrons. The lowest BCUT2D eigenvalue weighted by Crippen LogP contribution is -1.96. The Bertz CT molecular complexity index is 357. The molecule has 0 aliphatic heterocycles. The van der Waals surface area contributed by atoms with Crippen molar-refractivity contribution in [1.82, 2.24) is 0 Å². The van der Waals surface area contributed by atoms with Crippen LogP contribution in [-0.2, 0) is 0 Å². The number of rotatable bonds is 2. The van der Waals surface area contributed by atoms with Crippen LogP contribution in [0, 0.1) is 15.9 Å². The van der Waals surface area contributed by atoms with Crippen molar-refractivity contribution < 1.29 is 9.31 Å². The van der Waals surface area contributed by atoms with Crippen molar-refractivity contribution in [3.63, 3.8) is 0 Å². The van der Waals surface area contributed by atoms with Gasteiger partial charge in [-0.25, -0.2) is 0 Å². The molecule has 0 amide bonds. The predicted octanol–water partition coefficient (Wildman–Crippen LogP) is 2.54. The highest BCUT2D eigenvalue weighted by Gasteiger charge is 2.16. The van der Waals surface area contributed by atoms with E-state index in [1.807, 2.05) is 0 Å². The number of halogens is 2. The van der Waals surface area contributed by atoms with Gasteiger partial charge in [0.2, 0.25) is 5.82 Å². The first-order valence-corrected chi connectivity index (χ1v) is 4.16. The number of hydrogen-bond acceptors (Lipinski definition) is 3. The summed E-state index contributed by atoms with van der Waals surface area (Å²) in [4.78, 5) is 9.53. The van der Waals surface area contributed by atoms with E-state index in [9.17, 15) is 14.5 Å². The smallest absolute Gasteiger partial charge is 0.306 e. The zero-order chi connectivity index (χ0) is 10.0. The second-order valence-electron chi connectivity index (χ2n) is 2.29. The second kappa shape index (κ2) is 3.69. The molecule has 0 saturated carbocycles. The number of nitrogens with zero attached hydrogens (tertiary/aromatic N) is 1. The minimum absolute atomic E-state index is 0.461. The van der Waals surface area contributed by atoms with Crippen LogP contribution >= 0.6 is 15.9 Å². The molecule has 4 nitrogen and oxygen atoms in total. The van der Waals surface area contributed by atoms with Gasteiger partial charge in [0.25, 0.3) is 0 Å². The van der Waals surface area contributed by atoms with E-state index in [1.54, 1.807) is 7.05 Å². The molecule has 0 atom stereocenters. The topological polar surface area (TPSA) is 55.2 Å². The van der Waals surface area contributed by atoms with Gasteiger partial charge < -0.3 is 5.32 Å². The van der Waals surface area contributed by atoms with Crippen molar-refractivity contribution in [2.75, 3.05) is 12.4 Å². The molecule has 1 rings (SSSR count). The molecule has 0 aliphatic carbocycles. The Morgan fingerprint density at radius 1 is 1.62 bits per heavy atom. The molecule has 0 saturated heterocycles. The maximum atomic E-state index is 13.0. The van der Waals surface area contributed by atoms with Crippen LogP contribution in [0.5, 0.6) is 0 Å². The minimum Gasteiger partial charge on any atom is -0.387 e. The summed E-state index contributed by atoms with van der Waals surface area (Å²) in [5.41, 5.74) is -0.0611. The number of nitrogens with one attached hydrogen (secondary N) is 1. The summed E-state index contributed by atoms with van der Waals surface area (Å²) < 4.78 is 13.4. The van der Waals surface area contributed by atoms with Gasteiger partial charge in [-0.3, -0.25) is 10.1 Å². The van der Waals surface area contributed by atoms with Gasteiger partial charge in [0.15, 0.2) is 0 Å². The Labute approximate surface area is 82.0 Å². The molecule has 0 heterocycles. The molecule has 1 aromatic carbocycles. The highest BCUT2D eigenvalue weighted by molar-refractivity contribution is 9.10. The fraction of sp³-hybridized carbons (Fsp3) is 0.143. The van der Waals surface area contributed by atoms with Crippen molar-refractivity contribution in [3.05, 3.63) is 32.5 Å². The Hall–Kier alpha value is -1.17. The number of benzene rings is 1. The van der Waals surface area contributed by atoms with Gasteiger partial charge in [-0.05, 0) is 15.9 Å². The summed E-state index contributed by atoms with van der Waals surface area (Å²) in [6.45, 7) is 0. The summed E-state index contributed by atoms with van der Waals surface area (Å²) in [7, 11) is 1.60. The summed E-state index contributed by atoms with van der Waals surface area (Å²) >= 11 is 3.08. The van der Waals surface area contributed by atoms with Gasteiger partial charge in [-0.15, -0.1) is 0 Å². The standard InChI is InChI=1S/C7H6BrFN2O2/c1-10-6-3-5(9)7(11(12)13)2-4(6)8/h2-3,10H,1H3. The van der Waals surface area contributed by atoms with E-state index in [0.717, 1.165) is 12.1 Å². The molecule has 0 bridgehead atoms. The molecule has 0 fully saturated rings. The monoisotopic (exact) mass is 248 g/mol. The van der Waals surface area contributed by atoms with E-state index in [-0.39, 0.29) is 0 Å². The Morgan fingerprint density at radius 3 is 2.69 bits per heavy atom. The van der Waals surface area contributed by atoms with Gasteiger partial charge in [0, 0.05) is 23.7 Å². The van der Waals surface area contributed by atoms with Crippen LogP contribution in [0.2, 0.25) is 0 Å². The lowest BCUT2D eigenvalue weighted by atomic mass is 10.3. The van der Waals surface area contributed by atoms with Crippen molar-refractivity contribution >= 4 is 27.3 Å². The Kier molecular flexibility index (Phi) is 2.82. The highest BCUT2D eigenvalue weighted by Crippen LogP contribution is 2.29. The lowest BCUT2D eigenvalue weighted by molar-refractivity contribution is -0.387. The second-order valence-corrected chi connectivity index (χ2v) is 3.14. The Morgan fingerprint density at radius 2 is 2.23 bits per heavy atom. The maximum Gasteiger partial charge on any atom is 0.306 e. The molecule has 1 aromatic rings. The predicted molar refractivity (Wildman–Crippen MR) is 50.3 cm³/mol. The fourth-order valence-corrected chi connectivity index (χ4v) is 1.40. The van der Waals surface area contributed by atoms with Crippen molar-refractivity contribution in [1.29, 1.82) is 0 Å². The van der Waals surface area contributed by atoms with E-state index >= 15 is 0 Å². The van der Waals surface area contributed by atoms with E-state index in [4.69, 9.17) is 0 Å². The molecule has 0 radical (unpaired) electrons. The summed E-state index contributed by atoms with van der Waals surface area (Å²) in [5.74, 6) is -0.849. The number of anilines is 1. The summed E-state index contributed by atoms with van der Waals surface area (Å²) in [6.07, 6.45) is 0. The zero-order valence-corrected chi connectivity index (χ0v) is 8.26. The van der Waals surface area contributed by atoms with Gasteiger partial charge in [-0.1, -0.05) is 0 Å². The first-order chi connectivity index (χ1) is 6.06. The maximum absolute atomic E-state index is 13.0. The van der Waals surface area contributed by atoms with E-state index < -0.39 is 16.4 Å². The quantitative estimate of drug-likeness (QED) is 0.647. The normalized spacial score (nSPS) is 9.77. The number of hydrogen-bond donors (Lipinski definition) is 1. The third-order valence-electron chi connectivity index (χ3n) is 1.50. The summed E-state index contributed by atoms with van der Waals surface area (Å²) in [5, 5.41) is 13.0. The molecule has 0 spiro atoms. The third kappa shape index (κ3) is 1.95. The number of nitro groups is 1. The van der Waals surface area contributed by atoms with Gasteiger partial charge >= 0.3 is 5.69 Å². The largest absolute Gasteiger partial charge is 0.387 e. The van der Waals surface area contributed by atoms with Crippen molar-refractivity contribution in [2.45, 2.75) is 0 Å². The van der Waals surface area contributed by atoms with Gasteiger partial charge in [-0.2, -0.15) is 4.39 Å². The van der Waals surface area contributed by atoms with Crippen LogP contribution in [0.15, 0.2) is 16.6 Å². The lowest BCUT2D eigenvalue weighted by Gasteiger charge is -2.03. The fourth-order valence-electron chi connectivity index (χ4n) is 0.868. The minimum atomic E-state index is -0.849. The molecular formula is C7H6BrFN2O2. The zero-order valence-electron chi connectivity index (χ0n) is 6.67. The molecule has 0 unspecified atom stereocenters.